The molecule has 1 aliphatic carbocycles. The van der Waals surface area contributed by atoms with Gasteiger partial charge in [-0.2, -0.15) is 0 Å². The van der Waals surface area contributed by atoms with E-state index in [-0.39, 0.29) is 23.7 Å². The van der Waals surface area contributed by atoms with Crippen LogP contribution >= 0.6 is 0 Å². The van der Waals surface area contributed by atoms with Gasteiger partial charge in [0.15, 0.2) is 0 Å². The minimum absolute atomic E-state index is 0.148. The maximum atomic E-state index is 13.2. The van der Waals surface area contributed by atoms with E-state index < -0.39 is 5.97 Å². The lowest BCUT2D eigenvalue weighted by atomic mass is 9.73. The Morgan fingerprint density at radius 2 is 1.76 bits per heavy atom. The molecule has 150 valence electrons. The highest BCUT2D eigenvalue weighted by Crippen LogP contribution is 2.45. The van der Waals surface area contributed by atoms with Gasteiger partial charge in [-0.25, -0.2) is 4.79 Å². The van der Waals surface area contributed by atoms with Crippen LogP contribution in [0.4, 0.5) is 5.69 Å². The van der Waals surface area contributed by atoms with Crippen molar-refractivity contribution in [1.29, 1.82) is 0 Å². The second-order valence-electron chi connectivity index (χ2n) is 7.83. The molecule has 1 aliphatic heterocycles. The molecule has 2 aromatic rings. The van der Waals surface area contributed by atoms with Crippen molar-refractivity contribution >= 4 is 23.5 Å². The van der Waals surface area contributed by atoms with Crippen molar-refractivity contribution in [2.24, 2.45) is 11.8 Å². The van der Waals surface area contributed by atoms with Gasteiger partial charge in [-0.3, -0.25) is 14.5 Å². The Hall–Kier alpha value is -2.95. The van der Waals surface area contributed by atoms with Crippen molar-refractivity contribution in [1.82, 2.24) is 0 Å². The van der Waals surface area contributed by atoms with Crippen molar-refractivity contribution in [3.8, 4) is 0 Å². The fourth-order valence-corrected chi connectivity index (χ4v) is 4.51. The minimum atomic E-state index is -0.436. The Kier molecular flexibility index (Phi) is 5.47. The van der Waals surface area contributed by atoms with Crippen LogP contribution in [-0.2, 0) is 14.3 Å². The predicted octanol–water partition coefficient (Wildman–Crippen LogP) is 4.33. The molecule has 5 nitrogen and oxygen atoms in total. The average Bonchev–Trinajstić information content (AvgIpc) is 3.02. The molecule has 0 spiro atoms. The molecule has 1 saturated carbocycles. The van der Waals surface area contributed by atoms with Gasteiger partial charge >= 0.3 is 5.97 Å². The molecule has 2 fully saturated rings. The fraction of sp³-hybridized carbons (Fsp3) is 0.375. The van der Waals surface area contributed by atoms with Gasteiger partial charge in [0.05, 0.1) is 29.7 Å². The van der Waals surface area contributed by atoms with Crippen molar-refractivity contribution in [3.05, 3.63) is 65.7 Å². The van der Waals surface area contributed by atoms with Gasteiger partial charge in [-0.05, 0) is 55.4 Å². The summed E-state index contributed by atoms with van der Waals surface area (Å²) >= 11 is 0. The molecule has 3 unspecified atom stereocenters. The first-order valence-electron chi connectivity index (χ1n) is 10.3. The Morgan fingerprint density at radius 3 is 2.52 bits per heavy atom. The summed E-state index contributed by atoms with van der Waals surface area (Å²) in [5, 5.41) is 0. The van der Waals surface area contributed by atoms with Crippen LogP contribution in [0.5, 0.6) is 0 Å². The first-order chi connectivity index (χ1) is 14.1. The summed E-state index contributed by atoms with van der Waals surface area (Å²) in [4.78, 5) is 39.7. The van der Waals surface area contributed by atoms with Gasteiger partial charge in [0, 0.05) is 0 Å². The number of anilines is 1. The van der Waals surface area contributed by atoms with E-state index in [1.807, 2.05) is 25.1 Å². The van der Waals surface area contributed by atoms with Crippen molar-refractivity contribution in [2.45, 2.75) is 38.5 Å². The summed E-state index contributed by atoms with van der Waals surface area (Å²) in [6.07, 6.45) is 3.04. The number of imide groups is 1. The molecule has 29 heavy (non-hydrogen) atoms. The number of benzene rings is 2. The fourth-order valence-electron chi connectivity index (χ4n) is 4.51. The molecule has 0 aromatic heterocycles. The van der Waals surface area contributed by atoms with Gasteiger partial charge in [0.25, 0.3) is 0 Å². The quantitative estimate of drug-likeness (QED) is 0.562. The summed E-state index contributed by atoms with van der Waals surface area (Å²) in [6, 6.07) is 16.8. The van der Waals surface area contributed by atoms with E-state index in [1.54, 1.807) is 24.3 Å². The number of carbonyl (C=O) groups excluding carboxylic acids is 3. The van der Waals surface area contributed by atoms with Crippen LogP contribution in [0.25, 0.3) is 0 Å². The monoisotopic (exact) mass is 391 g/mol. The smallest absolute Gasteiger partial charge is 0.338 e. The number of hydrogen-bond donors (Lipinski definition) is 0. The van der Waals surface area contributed by atoms with E-state index in [0.717, 1.165) is 12.8 Å². The van der Waals surface area contributed by atoms with Crippen LogP contribution < -0.4 is 4.90 Å². The largest absolute Gasteiger partial charge is 0.462 e. The number of nitrogens with zero attached hydrogens (tertiary/aromatic N) is 1. The topological polar surface area (TPSA) is 63.7 Å². The van der Waals surface area contributed by atoms with Crippen LogP contribution in [0.1, 0.15) is 54.4 Å². The molecule has 0 N–H and O–H groups in total. The zero-order valence-electron chi connectivity index (χ0n) is 16.5. The second kappa shape index (κ2) is 8.19. The number of carbonyl (C=O) groups is 3. The number of rotatable bonds is 5. The maximum absolute atomic E-state index is 13.2. The molecule has 2 aromatic carbocycles. The molecule has 4 rings (SSSR count). The summed E-state index contributed by atoms with van der Waals surface area (Å²) in [5.74, 6) is -1.00. The molecule has 2 amide bonds. The zero-order chi connectivity index (χ0) is 20.4. The first-order valence-corrected chi connectivity index (χ1v) is 10.3. The minimum Gasteiger partial charge on any atom is -0.462 e. The normalized spacial score (nSPS) is 23.8. The molecule has 0 bridgehead atoms. The highest BCUT2D eigenvalue weighted by Gasteiger charge is 2.50. The van der Waals surface area contributed by atoms with E-state index in [0.29, 0.717) is 36.6 Å². The Morgan fingerprint density at radius 1 is 1.00 bits per heavy atom. The molecule has 3 atom stereocenters. The lowest BCUT2D eigenvalue weighted by Crippen LogP contribution is -2.31. The van der Waals surface area contributed by atoms with E-state index in [2.05, 4.69) is 12.1 Å². The van der Waals surface area contributed by atoms with Crippen LogP contribution in [0.15, 0.2) is 54.6 Å². The highest BCUT2D eigenvalue weighted by atomic mass is 16.5. The second-order valence-corrected chi connectivity index (χ2v) is 7.83. The lowest BCUT2D eigenvalue weighted by molar-refractivity contribution is -0.122. The third kappa shape index (κ3) is 3.69. The summed E-state index contributed by atoms with van der Waals surface area (Å²) in [7, 11) is 0. The molecule has 5 heteroatoms. The standard InChI is InChI=1S/C24H25NO4/c1-2-13-29-24(28)18-9-6-10-19(14-18)25-22(26)20-12-11-17(15-21(20)23(25)27)16-7-4-3-5-8-16/h3-10,14,17,20-21H,2,11-13,15H2,1H3. The first kappa shape index (κ1) is 19.4. The number of esters is 1. The van der Waals surface area contributed by atoms with Gasteiger partial charge in [0.1, 0.15) is 0 Å². The van der Waals surface area contributed by atoms with Crippen LogP contribution in [-0.4, -0.2) is 24.4 Å². The third-order valence-corrected chi connectivity index (χ3v) is 5.97. The summed E-state index contributed by atoms with van der Waals surface area (Å²) in [5.41, 5.74) is 2.04. The van der Waals surface area contributed by atoms with Crippen LogP contribution in [0.3, 0.4) is 0 Å². The van der Waals surface area contributed by atoms with Gasteiger partial charge in [-0.1, -0.05) is 43.3 Å². The average molecular weight is 391 g/mol. The Labute approximate surface area is 170 Å². The van der Waals surface area contributed by atoms with Crippen molar-refractivity contribution in [3.63, 3.8) is 0 Å². The third-order valence-electron chi connectivity index (χ3n) is 5.97. The van der Waals surface area contributed by atoms with Crippen LogP contribution in [0, 0.1) is 11.8 Å². The van der Waals surface area contributed by atoms with E-state index >= 15 is 0 Å². The van der Waals surface area contributed by atoms with Gasteiger partial charge < -0.3 is 4.74 Å². The zero-order valence-corrected chi connectivity index (χ0v) is 16.5. The number of hydrogen-bond acceptors (Lipinski definition) is 4. The molecule has 1 saturated heterocycles. The summed E-state index contributed by atoms with van der Waals surface area (Å²) in [6.45, 7) is 2.27. The van der Waals surface area contributed by atoms with Gasteiger partial charge in [0.2, 0.25) is 11.8 Å². The molecule has 2 aliphatic rings. The lowest BCUT2D eigenvalue weighted by Gasteiger charge is -2.28. The number of fused-ring (bicyclic) bond motifs is 1. The van der Waals surface area contributed by atoms with E-state index in [4.69, 9.17) is 4.74 Å². The molecular weight excluding hydrogens is 366 g/mol. The van der Waals surface area contributed by atoms with Gasteiger partial charge in [-0.15, -0.1) is 0 Å². The predicted molar refractivity (Wildman–Crippen MR) is 110 cm³/mol. The number of amides is 2. The summed E-state index contributed by atoms with van der Waals surface area (Å²) < 4.78 is 5.18. The SMILES string of the molecule is CCCOC(=O)c1cccc(N2C(=O)C3CCC(c4ccccc4)CC3C2=O)c1. The Balaban J connectivity index is 1.55. The van der Waals surface area contributed by atoms with Crippen LogP contribution in [0.2, 0.25) is 0 Å². The van der Waals surface area contributed by atoms with Crippen molar-refractivity contribution < 1.29 is 19.1 Å². The highest BCUT2D eigenvalue weighted by molar-refractivity contribution is 6.22. The Bertz CT molecular complexity index is 923. The number of ether oxygens (including phenoxy) is 1. The molecular formula is C24H25NO4. The maximum Gasteiger partial charge on any atom is 0.338 e. The molecule has 1 heterocycles. The van der Waals surface area contributed by atoms with E-state index in [1.165, 1.54) is 10.5 Å². The van der Waals surface area contributed by atoms with Crippen molar-refractivity contribution in [2.75, 3.05) is 11.5 Å². The van der Waals surface area contributed by atoms with E-state index in [9.17, 15) is 14.4 Å². The molecule has 0 radical (unpaired) electrons.